The molecule has 0 aliphatic rings. The molecule has 0 saturated heterocycles. The van der Waals surface area contributed by atoms with Gasteiger partial charge in [-0.3, -0.25) is 9.36 Å². The van der Waals surface area contributed by atoms with Crippen molar-refractivity contribution >= 4 is 44.3 Å². The topological polar surface area (TPSA) is 26.9 Å². The molecule has 4 heteroatoms. The third-order valence-corrected chi connectivity index (χ3v) is 5.26. The van der Waals surface area contributed by atoms with Crippen LogP contribution in [0.2, 0.25) is 5.02 Å². The monoisotopic (exact) mass is 358 g/mol. The fraction of sp³-hybridized carbons (Fsp3) is 0.0455. The fourth-order valence-corrected chi connectivity index (χ4v) is 3.97. The molecule has 2 heterocycles. The molecule has 3 aromatic carbocycles. The van der Waals surface area contributed by atoms with Crippen LogP contribution in [-0.2, 0) is 7.05 Å². The molecule has 0 radical (unpaired) electrons. The Balaban J connectivity index is 2.13. The zero-order valence-corrected chi connectivity index (χ0v) is 14.9. The molecule has 0 fully saturated rings. The van der Waals surface area contributed by atoms with E-state index in [1.807, 2.05) is 67.7 Å². The predicted molar refractivity (Wildman–Crippen MR) is 109 cm³/mol. The molecule has 5 rings (SSSR count). The van der Waals surface area contributed by atoms with Crippen LogP contribution < -0.4 is 5.56 Å². The van der Waals surface area contributed by atoms with E-state index >= 15 is 0 Å². The molecule has 0 aliphatic carbocycles. The molecule has 26 heavy (non-hydrogen) atoms. The first-order chi connectivity index (χ1) is 12.7. The van der Waals surface area contributed by atoms with Gasteiger partial charge in [0.15, 0.2) is 0 Å². The number of para-hydroxylation sites is 1. The van der Waals surface area contributed by atoms with Gasteiger partial charge >= 0.3 is 0 Å². The summed E-state index contributed by atoms with van der Waals surface area (Å²) in [6.45, 7) is 0. The lowest BCUT2D eigenvalue weighted by atomic mass is 10.1. The number of fused-ring (bicyclic) bond motifs is 5. The number of halogens is 1. The maximum absolute atomic E-state index is 13.4. The first-order valence-electron chi connectivity index (χ1n) is 8.43. The van der Waals surface area contributed by atoms with E-state index in [0.717, 1.165) is 33.0 Å². The van der Waals surface area contributed by atoms with Gasteiger partial charge in [-0.1, -0.05) is 48.0 Å². The lowest BCUT2D eigenvalue weighted by Gasteiger charge is -2.12. The number of hydrogen-bond acceptors (Lipinski definition) is 1. The van der Waals surface area contributed by atoms with Gasteiger partial charge in [-0.15, -0.1) is 0 Å². The summed E-state index contributed by atoms with van der Waals surface area (Å²) in [4.78, 5) is 13.4. The molecule has 2 aromatic heterocycles. The second kappa shape index (κ2) is 5.48. The highest BCUT2D eigenvalue weighted by Crippen LogP contribution is 2.33. The Morgan fingerprint density at radius 2 is 1.35 bits per heavy atom. The fourth-order valence-electron chi connectivity index (χ4n) is 3.84. The van der Waals surface area contributed by atoms with Gasteiger partial charge in [0.2, 0.25) is 0 Å². The lowest BCUT2D eigenvalue weighted by molar-refractivity contribution is 1.01. The molecule has 0 atom stereocenters. The van der Waals surface area contributed by atoms with Crippen LogP contribution in [-0.4, -0.2) is 9.13 Å². The zero-order chi connectivity index (χ0) is 17.8. The summed E-state index contributed by atoms with van der Waals surface area (Å²) in [6, 6.07) is 23.4. The van der Waals surface area contributed by atoms with E-state index in [4.69, 9.17) is 11.6 Å². The maximum Gasteiger partial charge on any atom is 0.263 e. The molecule has 0 saturated carbocycles. The highest BCUT2D eigenvalue weighted by Gasteiger charge is 2.18. The second-order valence-corrected chi connectivity index (χ2v) is 6.87. The van der Waals surface area contributed by atoms with Crippen LogP contribution in [0.3, 0.4) is 0 Å². The summed E-state index contributed by atoms with van der Waals surface area (Å²) in [6.07, 6.45) is 0. The number of rotatable bonds is 1. The van der Waals surface area contributed by atoms with E-state index in [0.29, 0.717) is 10.4 Å². The summed E-state index contributed by atoms with van der Waals surface area (Å²) in [5.41, 5.74) is 3.87. The molecule has 5 aromatic rings. The first-order valence-corrected chi connectivity index (χ1v) is 8.81. The van der Waals surface area contributed by atoms with Crippen molar-refractivity contribution in [1.29, 1.82) is 0 Å². The Morgan fingerprint density at radius 1 is 0.731 bits per heavy atom. The van der Waals surface area contributed by atoms with E-state index in [-0.39, 0.29) is 5.56 Å². The van der Waals surface area contributed by atoms with Crippen LogP contribution in [0.5, 0.6) is 0 Å². The summed E-state index contributed by atoms with van der Waals surface area (Å²) in [5.74, 6) is 0. The molecular formula is C22H15ClN2O. The summed E-state index contributed by atoms with van der Waals surface area (Å²) in [7, 11) is 2.05. The van der Waals surface area contributed by atoms with Crippen LogP contribution in [0.4, 0.5) is 0 Å². The molecule has 0 N–H and O–H groups in total. The Kier molecular flexibility index (Phi) is 3.21. The Bertz CT molecular complexity index is 1360. The van der Waals surface area contributed by atoms with Crippen molar-refractivity contribution in [3.05, 3.63) is 88.2 Å². The first kappa shape index (κ1) is 15.2. The minimum Gasteiger partial charge on any atom is -0.342 e. The minimum atomic E-state index is -0.0215. The van der Waals surface area contributed by atoms with E-state index < -0.39 is 0 Å². The average molecular weight is 359 g/mol. The van der Waals surface area contributed by atoms with Gasteiger partial charge < -0.3 is 4.57 Å². The van der Waals surface area contributed by atoms with Crippen molar-refractivity contribution in [1.82, 2.24) is 9.13 Å². The Morgan fingerprint density at radius 3 is 2.08 bits per heavy atom. The zero-order valence-electron chi connectivity index (χ0n) is 14.1. The predicted octanol–water partition coefficient (Wildman–Crippen LogP) is 5.29. The second-order valence-electron chi connectivity index (χ2n) is 6.44. The number of aryl methyl sites for hydroxylation is 1. The van der Waals surface area contributed by atoms with Crippen molar-refractivity contribution in [2.24, 2.45) is 7.05 Å². The van der Waals surface area contributed by atoms with Gasteiger partial charge in [-0.05, 0) is 36.4 Å². The largest absolute Gasteiger partial charge is 0.342 e. The maximum atomic E-state index is 13.4. The van der Waals surface area contributed by atoms with E-state index in [2.05, 4.69) is 16.7 Å². The Hall–Kier alpha value is -3.04. The Labute approximate surface area is 154 Å². The van der Waals surface area contributed by atoms with Crippen molar-refractivity contribution in [2.45, 2.75) is 0 Å². The normalized spacial score (nSPS) is 11.6. The summed E-state index contributed by atoms with van der Waals surface area (Å²) >= 11 is 6.06. The van der Waals surface area contributed by atoms with Gasteiger partial charge in [-0.25, -0.2) is 0 Å². The molecule has 126 valence electrons. The highest BCUT2D eigenvalue weighted by atomic mass is 35.5. The van der Waals surface area contributed by atoms with E-state index in [1.165, 1.54) is 0 Å². The van der Waals surface area contributed by atoms with Gasteiger partial charge in [0.1, 0.15) is 0 Å². The number of nitrogens with zero attached hydrogens (tertiary/aromatic N) is 2. The molecular weight excluding hydrogens is 344 g/mol. The summed E-state index contributed by atoms with van der Waals surface area (Å²) < 4.78 is 3.97. The molecule has 3 nitrogen and oxygen atoms in total. The third kappa shape index (κ3) is 1.98. The molecule has 0 unspecified atom stereocenters. The molecule has 0 amide bonds. The van der Waals surface area contributed by atoms with Crippen molar-refractivity contribution in [2.75, 3.05) is 0 Å². The van der Waals surface area contributed by atoms with Crippen LogP contribution in [0.25, 0.3) is 38.4 Å². The van der Waals surface area contributed by atoms with Gasteiger partial charge in [-0.2, -0.15) is 0 Å². The van der Waals surface area contributed by atoms with Gasteiger partial charge in [0.05, 0.1) is 16.6 Å². The number of benzene rings is 3. The number of hydrogen-bond donors (Lipinski definition) is 0. The molecule has 0 aliphatic heterocycles. The standard InChI is InChI=1S/C22H15ClN2O/c1-24-19-9-5-4-8-18(19)21-20(24)16-6-2-3-7-17(16)22(26)25(21)15-12-10-14(23)11-13-15/h2-13H,1H3. The smallest absolute Gasteiger partial charge is 0.263 e. The van der Waals surface area contributed by atoms with Crippen LogP contribution >= 0.6 is 11.6 Å². The average Bonchev–Trinajstić information content (AvgIpc) is 2.97. The van der Waals surface area contributed by atoms with Crippen molar-refractivity contribution in [3.8, 4) is 5.69 Å². The molecule has 0 spiro atoms. The van der Waals surface area contributed by atoms with Crippen LogP contribution in [0, 0.1) is 0 Å². The van der Waals surface area contributed by atoms with Gasteiger partial charge in [0.25, 0.3) is 5.56 Å². The van der Waals surface area contributed by atoms with E-state index in [1.54, 1.807) is 4.57 Å². The minimum absolute atomic E-state index is 0.0215. The number of pyridine rings is 1. The van der Waals surface area contributed by atoms with Crippen LogP contribution in [0.15, 0.2) is 77.6 Å². The summed E-state index contributed by atoms with van der Waals surface area (Å²) in [5, 5.41) is 3.39. The van der Waals surface area contributed by atoms with E-state index in [9.17, 15) is 4.79 Å². The van der Waals surface area contributed by atoms with Crippen molar-refractivity contribution < 1.29 is 0 Å². The third-order valence-electron chi connectivity index (χ3n) is 5.00. The SMILES string of the molecule is Cn1c2ccccc2c2c1c1ccccc1c(=O)n2-c1ccc(Cl)cc1. The molecule has 0 bridgehead atoms. The quantitative estimate of drug-likeness (QED) is 0.400. The van der Waals surface area contributed by atoms with Gasteiger partial charge in [0, 0.05) is 33.9 Å². The number of aromatic nitrogens is 2. The van der Waals surface area contributed by atoms with Crippen molar-refractivity contribution in [3.63, 3.8) is 0 Å². The highest BCUT2D eigenvalue weighted by molar-refractivity contribution is 6.30. The lowest BCUT2D eigenvalue weighted by Crippen LogP contribution is -2.19. The van der Waals surface area contributed by atoms with Crippen LogP contribution in [0.1, 0.15) is 0 Å².